The minimum Gasteiger partial charge on any atom is -0.382 e. The zero-order chi connectivity index (χ0) is 22.6. The van der Waals surface area contributed by atoms with Crippen molar-refractivity contribution < 1.29 is 9.47 Å². The number of aryl methyl sites for hydroxylation is 1. The van der Waals surface area contributed by atoms with Gasteiger partial charge in [0.05, 0.1) is 19.8 Å². The number of methoxy groups -OCH3 is 1. The van der Waals surface area contributed by atoms with Crippen molar-refractivity contribution in [1.82, 2.24) is 15.1 Å². The molecule has 2 aliphatic rings. The second-order valence-corrected chi connectivity index (χ2v) is 8.93. The normalized spacial score (nSPS) is 19.6. The Morgan fingerprint density at radius 3 is 2.70 bits per heavy atom. The Bertz CT molecular complexity index is 697. The number of ether oxygens (including phenoxy) is 2. The van der Waals surface area contributed by atoms with Gasteiger partial charge in [0.15, 0.2) is 5.96 Å². The molecule has 1 atom stereocenters. The lowest BCUT2D eigenvalue weighted by molar-refractivity contribution is 0.0536. The van der Waals surface area contributed by atoms with Crippen LogP contribution in [0.5, 0.6) is 0 Å². The van der Waals surface area contributed by atoms with Crippen molar-refractivity contribution in [3.63, 3.8) is 0 Å². The largest absolute Gasteiger partial charge is 0.382 e. The molecule has 0 aromatic heterocycles. The average molecular weight is 574 g/mol. The molecule has 0 amide bonds. The van der Waals surface area contributed by atoms with E-state index in [2.05, 4.69) is 58.1 Å². The fourth-order valence-electron chi connectivity index (χ4n) is 4.51. The Balaban J connectivity index is 0.00000385. The van der Waals surface area contributed by atoms with Crippen molar-refractivity contribution in [2.45, 2.75) is 26.7 Å². The first-order valence-corrected chi connectivity index (χ1v) is 12.3. The number of hydrogen-bond donors (Lipinski definition) is 1. The summed E-state index contributed by atoms with van der Waals surface area (Å²) >= 11 is 0. The molecule has 0 spiro atoms. The number of benzene rings is 1. The minimum absolute atomic E-state index is 0. The van der Waals surface area contributed by atoms with E-state index >= 15 is 0 Å². The van der Waals surface area contributed by atoms with E-state index in [1.54, 1.807) is 7.11 Å². The Hall–Kier alpha value is -1.10. The van der Waals surface area contributed by atoms with Gasteiger partial charge in [-0.25, -0.2) is 0 Å². The Morgan fingerprint density at radius 1 is 1.15 bits per heavy atom. The monoisotopic (exact) mass is 573 g/mol. The highest BCUT2D eigenvalue weighted by molar-refractivity contribution is 14.0. The standard InChI is InChI=1S/C25H43N5O2.HI/c1-4-26-25(30-12-9-23(20-30)21-32-18-17-31-3)27-10-6-11-28-13-15-29(16-14-28)24-8-5-7-22(2)19-24;/h5,7-8,19,23H,4,6,9-18,20-21H2,1-3H3,(H,26,27);1H. The lowest BCUT2D eigenvalue weighted by Gasteiger charge is -2.36. The fraction of sp³-hybridized carbons (Fsp3) is 0.720. The SMILES string of the molecule is CCNC(=NCCCN1CCN(c2cccc(C)c2)CC1)N1CCC(COCCOC)C1.I. The van der Waals surface area contributed by atoms with Gasteiger partial charge in [-0.3, -0.25) is 9.89 Å². The molecule has 2 fully saturated rings. The van der Waals surface area contributed by atoms with Crippen LogP contribution in [0, 0.1) is 12.8 Å². The maximum atomic E-state index is 5.73. The first-order chi connectivity index (χ1) is 15.7. The van der Waals surface area contributed by atoms with Gasteiger partial charge in [-0.15, -0.1) is 24.0 Å². The van der Waals surface area contributed by atoms with Gasteiger partial charge in [0.1, 0.15) is 0 Å². The average Bonchev–Trinajstić information content (AvgIpc) is 3.28. The number of hydrogen-bond acceptors (Lipinski definition) is 5. The van der Waals surface area contributed by atoms with Crippen LogP contribution >= 0.6 is 24.0 Å². The quantitative estimate of drug-likeness (QED) is 0.190. The van der Waals surface area contributed by atoms with Gasteiger partial charge in [0, 0.05) is 77.6 Å². The molecule has 2 aliphatic heterocycles. The van der Waals surface area contributed by atoms with E-state index in [9.17, 15) is 0 Å². The van der Waals surface area contributed by atoms with Crippen molar-refractivity contribution in [2.24, 2.45) is 10.9 Å². The summed E-state index contributed by atoms with van der Waals surface area (Å²) in [5.41, 5.74) is 2.69. The number of guanidine groups is 1. The van der Waals surface area contributed by atoms with Gasteiger partial charge < -0.3 is 24.6 Å². The highest BCUT2D eigenvalue weighted by Crippen LogP contribution is 2.18. The molecular formula is C25H44IN5O2. The molecule has 0 saturated carbocycles. The molecule has 1 N–H and O–H groups in total. The van der Waals surface area contributed by atoms with Crippen LogP contribution < -0.4 is 10.2 Å². The minimum atomic E-state index is 0. The van der Waals surface area contributed by atoms with Gasteiger partial charge in [0.25, 0.3) is 0 Å². The predicted octanol–water partition coefficient (Wildman–Crippen LogP) is 3.08. The van der Waals surface area contributed by atoms with Gasteiger partial charge in [-0.05, 0) is 44.4 Å². The third-order valence-corrected chi connectivity index (χ3v) is 6.34. The second kappa shape index (κ2) is 15.7. The van der Waals surface area contributed by atoms with Crippen LogP contribution in [0.1, 0.15) is 25.3 Å². The summed E-state index contributed by atoms with van der Waals surface area (Å²) in [6.07, 6.45) is 2.28. The van der Waals surface area contributed by atoms with E-state index in [4.69, 9.17) is 14.5 Å². The predicted molar refractivity (Wildman–Crippen MR) is 148 cm³/mol. The molecule has 7 nitrogen and oxygen atoms in total. The Labute approximate surface area is 217 Å². The van der Waals surface area contributed by atoms with Crippen LogP contribution in [0.15, 0.2) is 29.3 Å². The fourth-order valence-corrected chi connectivity index (χ4v) is 4.51. The van der Waals surface area contributed by atoms with Gasteiger partial charge >= 0.3 is 0 Å². The third-order valence-electron chi connectivity index (χ3n) is 6.34. The zero-order valence-electron chi connectivity index (χ0n) is 20.8. The van der Waals surface area contributed by atoms with Crippen LogP contribution in [-0.4, -0.2) is 102 Å². The lowest BCUT2D eigenvalue weighted by Crippen LogP contribution is -2.46. The van der Waals surface area contributed by atoms with Crippen molar-refractivity contribution >= 4 is 35.6 Å². The number of anilines is 1. The molecule has 33 heavy (non-hydrogen) atoms. The summed E-state index contributed by atoms with van der Waals surface area (Å²) in [5.74, 6) is 1.65. The van der Waals surface area contributed by atoms with Crippen molar-refractivity contribution in [1.29, 1.82) is 0 Å². The lowest BCUT2D eigenvalue weighted by atomic mass is 10.1. The van der Waals surface area contributed by atoms with E-state index in [0.29, 0.717) is 19.1 Å². The number of halogens is 1. The topological polar surface area (TPSA) is 52.6 Å². The molecule has 188 valence electrons. The van der Waals surface area contributed by atoms with E-state index < -0.39 is 0 Å². The molecule has 2 heterocycles. The van der Waals surface area contributed by atoms with Crippen molar-refractivity contribution in [3.8, 4) is 0 Å². The summed E-state index contributed by atoms with van der Waals surface area (Å²) in [7, 11) is 1.71. The first kappa shape index (κ1) is 28.1. The summed E-state index contributed by atoms with van der Waals surface area (Å²) < 4.78 is 10.8. The Kier molecular flexibility index (Phi) is 13.4. The molecule has 1 aromatic rings. The van der Waals surface area contributed by atoms with E-state index in [-0.39, 0.29) is 24.0 Å². The molecule has 1 aromatic carbocycles. The molecule has 0 radical (unpaired) electrons. The van der Waals surface area contributed by atoms with E-state index in [1.807, 2.05) is 0 Å². The van der Waals surface area contributed by atoms with Crippen LogP contribution in [0.25, 0.3) is 0 Å². The van der Waals surface area contributed by atoms with Gasteiger partial charge in [-0.2, -0.15) is 0 Å². The van der Waals surface area contributed by atoms with Gasteiger partial charge in [-0.1, -0.05) is 12.1 Å². The number of likely N-dealkylation sites (tertiary alicyclic amines) is 1. The smallest absolute Gasteiger partial charge is 0.193 e. The summed E-state index contributed by atoms with van der Waals surface area (Å²) in [6, 6.07) is 8.85. The number of aliphatic imine (C=N–C) groups is 1. The summed E-state index contributed by atoms with van der Waals surface area (Å²) in [4.78, 5) is 12.4. The van der Waals surface area contributed by atoms with Crippen molar-refractivity contribution in [2.75, 3.05) is 90.7 Å². The van der Waals surface area contributed by atoms with Crippen LogP contribution in [-0.2, 0) is 9.47 Å². The number of nitrogens with one attached hydrogen (secondary N) is 1. The number of piperazine rings is 1. The van der Waals surface area contributed by atoms with Crippen LogP contribution in [0.3, 0.4) is 0 Å². The number of rotatable bonds is 11. The van der Waals surface area contributed by atoms with E-state index in [0.717, 1.165) is 77.9 Å². The number of nitrogens with zero attached hydrogens (tertiary/aromatic N) is 4. The molecule has 1 unspecified atom stereocenters. The maximum absolute atomic E-state index is 5.73. The molecular weight excluding hydrogens is 529 g/mol. The summed E-state index contributed by atoms with van der Waals surface area (Å²) in [5, 5.41) is 3.48. The van der Waals surface area contributed by atoms with E-state index in [1.165, 1.54) is 17.7 Å². The maximum Gasteiger partial charge on any atom is 0.193 e. The molecule has 0 bridgehead atoms. The summed E-state index contributed by atoms with van der Waals surface area (Å²) in [6.45, 7) is 16.0. The van der Waals surface area contributed by atoms with Crippen molar-refractivity contribution in [3.05, 3.63) is 29.8 Å². The van der Waals surface area contributed by atoms with Gasteiger partial charge in [0.2, 0.25) is 0 Å². The third kappa shape index (κ3) is 9.58. The zero-order valence-corrected chi connectivity index (χ0v) is 23.1. The highest BCUT2D eigenvalue weighted by Gasteiger charge is 2.25. The molecule has 3 rings (SSSR count). The van der Waals surface area contributed by atoms with Crippen LogP contribution in [0.4, 0.5) is 5.69 Å². The second-order valence-electron chi connectivity index (χ2n) is 8.93. The highest BCUT2D eigenvalue weighted by atomic mass is 127. The molecule has 2 saturated heterocycles. The molecule has 0 aliphatic carbocycles. The van der Waals surface area contributed by atoms with Crippen LogP contribution in [0.2, 0.25) is 0 Å². The molecule has 8 heteroatoms. The first-order valence-electron chi connectivity index (χ1n) is 12.3. The Morgan fingerprint density at radius 2 is 1.97 bits per heavy atom.